The minimum absolute atomic E-state index is 0.0572. The van der Waals surface area contributed by atoms with Crippen LogP contribution in [0.5, 0.6) is 0 Å². The molecule has 4 nitrogen and oxygen atoms in total. The molecule has 4 rings (SSSR count). The van der Waals surface area contributed by atoms with Crippen molar-refractivity contribution in [3.63, 3.8) is 0 Å². The van der Waals surface area contributed by atoms with E-state index >= 15 is 0 Å². The molecule has 0 unspecified atom stereocenters. The number of halogens is 1. The maximum Gasteiger partial charge on any atom is 0.275 e. The number of fused-ring (bicyclic) bond motifs is 3. The zero-order valence-corrected chi connectivity index (χ0v) is 14.3. The zero-order chi connectivity index (χ0) is 15.4. The van der Waals surface area contributed by atoms with Crippen LogP contribution in [0, 0.1) is 13.8 Å². The summed E-state index contributed by atoms with van der Waals surface area (Å²) >= 11 is 4.63. The van der Waals surface area contributed by atoms with Gasteiger partial charge < -0.3 is 4.42 Å². The predicted molar refractivity (Wildman–Crippen MR) is 91.5 cm³/mol. The highest BCUT2D eigenvalue weighted by molar-refractivity contribution is 9.10. The molecular weight excluding hydrogens is 364 g/mol. The lowest BCUT2D eigenvalue weighted by molar-refractivity contribution is 0.531. The zero-order valence-electron chi connectivity index (χ0n) is 11.9. The van der Waals surface area contributed by atoms with Crippen LogP contribution in [0.2, 0.25) is 0 Å². The second kappa shape index (κ2) is 4.79. The molecule has 0 radical (unpaired) electrons. The molecule has 0 N–H and O–H groups in total. The number of rotatable bonds is 1. The van der Waals surface area contributed by atoms with E-state index in [2.05, 4.69) is 20.9 Å². The van der Waals surface area contributed by atoms with E-state index in [1.165, 1.54) is 16.9 Å². The summed E-state index contributed by atoms with van der Waals surface area (Å²) in [7, 11) is 0. The van der Waals surface area contributed by atoms with Crippen LogP contribution in [0.25, 0.3) is 22.1 Å². The first-order chi connectivity index (χ1) is 10.5. The van der Waals surface area contributed by atoms with Gasteiger partial charge in [-0.15, -0.1) is 0 Å². The Kier molecular flexibility index (Phi) is 2.99. The largest absolute Gasteiger partial charge is 0.450 e. The normalized spacial score (nSPS) is 12.8. The van der Waals surface area contributed by atoms with Crippen LogP contribution in [-0.2, 0) is 0 Å². The molecule has 0 aliphatic heterocycles. The molecule has 0 aliphatic carbocycles. The van der Waals surface area contributed by atoms with Gasteiger partial charge in [-0.05, 0) is 65.2 Å². The molecule has 0 aliphatic rings. The second-order valence-electron chi connectivity index (χ2n) is 5.21. The Labute approximate surface area is 137 Å². The van der Waals surface area contributed by atoms with Gasteiger partial charge in [-0.25, -0.2) is 9.38 Å². The fourth-order valence-electron chi connectivity index (χ4n) is 2.45. The Morgan fingerprint density at radius 2 is 2.05 bits per heavy atom. The highest BCUT2D eigenvalue weighted by atomic mass is 79.9. The summed E-state index contributed by atoms with van der Waals surface area (Å²) in [6, 6.07) is 7.66. The van der Waals surface area contributed by atoms with Crippen LogP contribution >= 0.6 is 27.3 Å². The molecule has 0 saturated heterocycles. The van der Waals surface area contributed by atoms with Crippen molar-refractivity contribution in [1.82, 2.24) is 9.38 Å². The number of aryl methyl sites for hydroxylation is 2. The first kappa shape index (κ1) is 13.7. The average Bonchev–Trinajstić information content (AvgIpc) is 3.09. The van der Waals surface area contributed by atoms with E-state index in [1.807, 2.05) is 32.0 Å². The fourth-order valence-corrected chi connectivity index (χ4v) is 3.74. The van der Waals surface area contributed by atoms with Crippen molar-refractivity contribution in [2.24, 2.45) is 0 Å². The lowest BCUT2D eigenvalue weighted by atomic mass is 10.1. The molecule has 6 heteroatoms. The van der Waals surface area contributed by atoms with Crippen LogP contribution in [0.1, 0.15) is 16.9 Å². The Balaban J connectivity index is 2.04. The van der Waals surface area contributed by atoms with Gasteiger partial charge in [0.15, 0.2) is 9.63 Å². The van der Waals surface area contributed by atoms with Gasteiger partial charge in [-0.3, -0.25) is 4.79 Å². The minimum atomic E-state index is -0.0572. The molecule has 3 aromatic heterocycles. The van der Waals surface area contributed by atoms with Crippen LogP contribution < -0.4 is 10.1 Å². The maximum absolute atomic E-state index is 12.7. The summed E-state index contributed by atoms with van der Waals surface area (Å²) in [5, 5.41) is 0. The third kappa shape index (κ3) is 2.02. The molecule has 0 saturated carbocycles. The summed E-state index contributed by atoms with van der Waals surface area (Å²) < 4.78 is 8.37. The number of benzene rings is 1. The monoisotopic (exact) mass is 374 g/mol. The van der Waals surface area contributed by atoms with Gasteiger partial charge in [0.05, 0.1) is 11.0 Å². The van der Waals surface area contributed by atoms with Crippen molar-refractivity contribution in [2.75, 3.05) is 0 Å². The quantitative estimate of drug-likeness (QED) is 0.512. The van der Waals surface area contributed by atoms with Crippen LogP contribution in [0.3, 0.4) is 0 Å². The number of hydrogen-bond donors (Lipinski definition) is 0. The van der Waals surface area contributed by atoms with E-state index in [0.717, 1.165) is 16.6 Å². The molecule has 110 valence electrons. The number of imidazole rings is 1. The number of thiazole rings is 1. The summed E-state index contributed by atoms with van der Waals surface area (Å²) in [5.41, 5.74) is 4.00. The molecule has 0 atom stereocenters. The van der Waals surface area contributed by atoms with Crippen LogP contribution in [0.4, 0.5) is 0 Å². The lowest BCUT2D eigenvalue weighted by Crippen LogP contribution is -2.22. The highest BCUT2D eigenvalue weighted by Crippen LogP contribution is 2.21. The van der Waals surface area contributed by atoms with Gasteiger partial charge in [-0.2, -0.15) is 0 Å². The van der Waals surface area contributed by atoms with E-state index in [9.17, 15) is 4.79 Å². The summed E-state index contributed by atoms with van der Waals surface area (Å²) in [6.07, 6.45) is 1.75. The van der Waals surface area contributed by atoms with Crippen molar-refractivity contribution in [1.29, 1.82) is 0 Å². The minimum Gasteiger partial charge on any atom is -0.450 e. The van der Waals surface area contributed by atoms with Gasteiger partial charge in [0.1, 0.15) is 10.3 Å². The topological polar surface area (TPSA) is 47.5 Å². The van der Waals surface area contributed by atoms with Crippen molar-refractivity contribution in [3.05, 3.63) is 60.7 Å². The molecule has 0 bridgehead atoms. The van der Waals surface area contributed by atoms with E-state index in [-0.39, 0.29) is 5.56 Å². The van der Waals surface area contributed by atoms with Gasteiger partial charge in [0.2, 0.25) is 0 Å². The SMILES string of the molecule is Cc1cc2nc3s/c(=C\c4ccc(Br)o4)c(=O)n3c2cc1C. The van der Waals surface area contributed by atoms with Crippen molar-refractivity contribution < 1.29 is 4.42 Å². The first-order valence-electron chi connectivity index (χ1n) is 6.72. The van der Waals surface area contributed by atoms with E-state index in [4.69, 9.17) is 4.42 Å². The molecule has 0 fully saturated rings. The molecule has 3 heterocycles. The molecule has 0 spiro atoms. The molecule has 4 aromatic rings. The molecular formula is C16H11BrN2O2S. The number of hydrogen-bond acceptors (Lipinski definition) is 4. The van der Waals surface area contributed by atoms with E-state index < -0.39 is 0 Å². The summed E-state index contributed by atoms with van der Waals surface area (Å²) in [4.78, 5) is 17.9. The maximum atomic E-state index is 12.7. The Hall–Kier alpha value is -1.92. The average molecular weight is 375 g/mol. The highest BCUT2D eigenvalue weighted by Gasteiger charge is 2.12. The standard InChI is InChI=1S/C16H11BrN2O2S/c1-8-5-11-12(6-9(8)2)19-15(20)13(22-16(19)18-11)7-10-3-4-14(17)21-10/h3-7H,1-2H3/b13-7-. The number of aromatic nitrogens is 2. The Morgan fingerprint density at radius 3 is 2.77 bits per heavy atom. The summed E-state index contributed by atoms with van der Waals surface area (Å²) in [5.74, 6) is 0.643. The number of nitrogens with zero attached hydrogens (tertiary/aromatic N) is 2. The lowest BCUT2D eigenvalue weighted by Gasteiger charge is -1.98. The summed E-state index contributed by atoms with van der Waals surface area (Å²) in [6.45, 7) is 4.09. The molecule has 22 heavy (non-hydrogen) atoms. The van der Waals surface area contributed by atoms with Gasteiger partial charge >= 0.3 is 0 Å². The van der Waals surface area contributed by atoms with E-state index in [1.54, 1.807) is 16.5 Å². The second-order valence-corrected chi connectivity index (χ2v) is 7.00. The predicted octanol–water partition coefficient (Wildman–Crippen LogP) is 3.43. The van der Waals surface area contributed by atoms with Gasteiger partial charge in [-0.1, -0.05) is 11.3 Å². The van der Waals surface area contributed by atoms with Crippen LogP contribution in [0.15, 0.2) is 38.1 Å². The van der Waals surface area contributed by atoms with Crippen molar-refractivity contribution >= 4 is 49.3 Å². The van der Waals surface area contributed by atoms with E-state index in [0.29, 0.717) is 19.9 Å². The smallest absolute Gasteiger partial charge is 0.275 e. The molecule has 0 amide bonds. The Bertz CT molecular complexity index is 1140. The fraction of sp³-hybridized carbons (Fsp3) is 0.125. The molecule has 1 aromatic carbocycles. The third-order valence-corrected chi connectivity index (χ3v) is 5.12. The third-order valence-electron chi connectivity index (χ3n) is 3.72. The van der Waals surface area contributed by atoms with Gasteiger partial charge in [0, 0.05) is 6.08 Å². The van der Waals surface area contributed by atoms with Crippen LogP contribution in [-0.4, -0.2) is 9.38 Å². The van der Waals surface area contributed by atoms with Gasteiger partial charge in [0.25, 0.3) is 5.56 Å². The number of furan rings is 1. The van der Waals surface area contributed by atoms with Crippen molar-refractivity contribution in [2.45, 2.75) is 13.8 Å². The van der Waals surface area contributed by atoms with Crippen molar-refractivity contribution in [3.8, 4) is 0 Å². The first-order valence-corrected chi connectivity index (χ1v) is 8.33. The Morgan fingerprint density at radius 1 is 1.27 bits per heavy atom.